The summed E-state index contributed by atoms with van der Waals surface area (Å²) in [5.41, 5.74) is 2.64. The Morgan fingerprint density at radius 1 is 1.40 bits per heavy atom. The van der Waals surface area contributed by atoms with E-state index in [1.165, 1.54) is 11.1 Å². The Kier molecular flexibility index (Phi) is 3.74. The van der Waals surface area contributed by atoms with Crippen molar-refractivity contribution in [3.63, 3.8) is 0 Å². The fraction of sp³-hybridized carbons (Fsp3) is 0.438. The summed E-state index contributed by atoms with van der Waals surface area (Å²) in [4.78, 5) is 0. The van der Waals surface area contributed by atoms with Gasteiger partial charge in [0, 0.05) is 31.4 Å². The molecule has 1 aromatic heterocycles. The zero-order valence-electron chi connectivity index (χ0n) is 12.0. The van der Waals surface area contributed by atoms with Crippen LogP contribution in [-0.4, -0.2) is 22.4 Å². The fourth-order valence-electron chi connectivity index (χ4n) is 2.55. The first-order valence-electron chi connectivity index (χ1n) is 7.21. The minimum atomic E-state index is 0.336. The summed E-state index contributed by atoms with van der Waals surface area (Å²) in [6.45, 7) is 6.07. The van der Waals surface area contributed by atoms with Crippen molar-refractivity contribution in [1.29, 1.82) is 0 Å². The Morgan fingerprint density at radius 2 is 2.30 bits per heavy atom. The number of fused-ring (bicyclic) bond motifs is 1. The summed E-state index contributed by atoms with van der Waals surface area (Å²) in [6, 6.07) is 9.13. The molecule has 0 unspecified atom stereocenters. The van der Waals surface area contributed by atoms with Gasteiger partial charge in [-0.15, -0.1) is 0 Å². The summed E-state index contributed by atoms with van der Waals surface area (Å²) in [6.07, 6.45) is 4.86. The second-order valence-corrected chi connectivity index (χ2v) is 5.44. The minimum absolute atomic E-state index is 0.336. The Hall–Kier alpha value is -1.81. The van der Waals surface area contributed by atoms with Crippen LogP contribution < -0.4 is 10.1 Å². The molecule has 20 heavy (non-hydrogen) atoms. The second kappa shape index (κ2) is 5.67. The van der Waals surface area contributed by atoms with E-state index in [1.54, 1.807) is 0 Å². The number of hydrogen-bond donors (Lipinski definition) is 1. The van der Waals surface area contributed by atoms with Crippen LogP contribution in [0.15, 0.2) is 36.7 Å². The Labute approximate surface area is 119 Å². The van der Waals surface area contributed by atoms with Gasteiger partial charge in [-0.1, -0.05) is 12.1 Å². The van der Waals surface area contributed by atoms with Gasteiger partial charge in [-0.25, -0.2) is 0 Å². The molecule has 2 atom stereocenters. The molecule has 4 nitrogen and oxygen atoms in total. The van der Waals surface area contributed by atoms with Gasteiger partial charge < -0.3 is 10.1 Å². The van der Waals surface area contributed by atoms with Gasteiger partial charge in [-0.2, -0.15) is 5.10 Å². The molecule has 1 N–H and O–H groups in total. The number of benzene rings is 1. The Balaban J connectivity index is 1.59. The number of aromatic nitrogens is 2. The Bertz CT molecular complexity index is 565. The van der Waals surface area contributed by atoms with Gasteiger partial charge in [0.05, 0.1) is 12.6 Å². The highest BCUT2D eigenvalue weighted by molar-refractivity contribution is 5.39. The summed E-state index contributed by atoms with van der Waals surface area (Å²) in [5.74, 6) is 1.05. The molecule has 2 heterocycles. The van der Waals surface area contributed by atoms with Crippen molar-refractivity contribution in [2.24, 2.45) is 0 Å². The molecular formula is C16H21N3O. The van der Waals surface area contributed by atoms with Gasteiger partial charge in [0.1, 0.15) is 5.75 Å². The molecule has 2 aromatic rings. The van der Waals surface area contributed by atoms with Crippen LogP contribution in [0.25, 0.3) is 0 Å². The molecule has 1 aliphatic heterocycles. The summed E-state index contributed by atoms with van der Waals surface area (Å²) >= 11 is 0. The van der Waals surface area contributed by atoms with Gasteiger partial charge in [0.25, 0.3) is 0 Å². The van der Waals surface area contributed by atoms with E-state index in [4.69, 9.17) is 4.74 Å². The van der Waals surface area contributed by atoms with Crippen molar-refractivity contribution in [2.75, 3.05) is 6.61 Å². The first-order chi connectivity index (χ1) is 9.74. The third kappa shape index (κ3) is 2.70. The van der Waals surface area contributed by atoms with Crippen LogP contribution in [0.2, 0.25) is 0 Å². The number of ether oxygens (including phenoxy) is 1. The molecular weight excluding hydrogens is 250 g/mol. The number of nitrogens with one attached hydrogen (secondary N) is 1. The van der Waals surface area contributed by atoms with Crippen molar-refractivity contribution in [3.8, 4) is 5.75 Å². The van der Waals surface area contributed by atoms with Crippen LogP contribution in [0, 0.1) is 0 Å². The lowest BCUT2D eigenvalue weighted by molar-refractivity contribution is 0.356. The first-order valence-corrected chi connectivity index (χ1v) is 7.21. The van der Waals surface area contributed by atoms with Crippen molar-refractivity contribution in [1.82, 2.24) is 15.1 Å². The third-order valence-corrected chi connectivity index (χ3v) is 4.05. The van der Waals surface area contributed by atoms with E-state index in [9.17, 15) is 0 Å². The molecule has 0 radical (unpaired) electrons. The van der Waals surface area contributed by atoms with Crippen molar-refractivity contribution >= 4 is 0 Å². The van der Waals surface area contributed by atoms with Crippen LogP contribution in [0.5, 0.6) is 5.75 Å². The van der Waals surface area contributed by atoms with E-state index in [0.717, 1.165) is 25.3 Å². The highest BCUT2D eigenvalue weighted by Gasteiger charge is 2.15. The van der Waals surface area contributed by atoms with Gasteiger partial charge in [-0.05, 0) is 37.1 Å². The molecule has 0 amide bonds. The largest absolute Gasteiger partial charge is 0.493 e. The molecule has 1 aromatic carbocycles. The van der Waals surface area contributed by atoms with E-state index >= 15 is 0 Å². The molecule has 0 bridgehead atoms. The highest BCUT2D eigenvalue weighted by Crippen LogP contribution is 2.25. The quantitative estimate of drug-likeness (QED) is 0.908. The third-order valence-electron chi connectivity index (χ3n) is 4.05. The average molecular weight is 271 g/mol. The molecule has 0 spiro atoms. The summed E-state index contributed by atoms with van der Waals surface area (Å²) < 4.78 is 7.53. The van der Waals surface area contributed by atoms with E-state index in [1.807, 2.05) is 23.1 Å². The molecule has 1 aliphatic rings. The normalized spacial score (nSPS) is 16.5. The molecule has 0 saturated carbocycles. The van der Waals surface area contributed by atoms with Crippen molar-refractivity contribution in [2.45, 2.75) is 38.9 Å². The van der Waals surface area contributed by atoms with E-state index in [0.29, 0.717) is 12.1 Å². The van der Waals surface area contributed by atoms with Crippen LogP contribution in [0.3, 0.4) is 0 Å². The molecule has 3 rings (SSSR count). The van der Waals surface area contributed by atoms with Crippen molar-refractivity contribution < 1.29 is 4.74 Å². The molecule has 0 fully saturated rings. The monoisotopic (exact) mass is 271 g/mol. The Morgan fingerprint density at radius 3 is 3.10 bits per heavy atom. The van der Waals surface area contributed by atoms with E-state index in [-0.39, 0.29) is 0 Å². The van der Waals surface area contributed by atoms with E-state index < -0.39 is 0 Å². The maximum atomic E-state index is 5.53. The maximum absolute atomic E-state index is 5.53. The van der Waals surface area contributed by atoms with Gasteiger partial charge in [0.2, 0.25) is 0 Å². The highest BCUT2D eigenvalue weighted by atomic mass is 16.5. The van der Waals surface area contributed by atoms with Gasteiger partial charge in [0.15, 0.2) is 0 Å². The predicted octanol–water partition coefficient (Wildman–Crippen LogP) is 2.56. The van der Waals surface area contributed by atoms with Crippen LogP contribution in [0.1, 0.15) is 31.0 Å². The average Bonchev–Trinajstić information content (AvgIpc) is 3.13. The lowest BCUT2D eigenvalue weighted by Crippen LogP contribution is -2.33. The SMILES string of the molecule is C[C@H]([C@@H](C)NCc1ccc2c(c1)CCO2)n1cccn1. The molecule has 0 saturated heterocycles. The number of rotatable bonds is 5. The van der Waals surface area contributed by atoms with Crippen molar-refractivity contribution in [3.05, 3.63) is 47.8 Å². The zero-order chi connectivity index (χ0) is 13.9. The molecule has 4 heteroatoms. The minimum Gasteiger partial charge on any atom is -0.493 e. The molecule has 106 valence electrons. The molecule has 0 aliphatic carbocycles. The summed E-state index contributed by atoms with van der Waals surface area (Å²) in [7, 11) is 0. The second-order valence-electron chi connectivity index (χ2n) is 5.44. The number of nitrogens with zero attached hydrogens (tertiary/aromatic N) is 2. The standard InChI is InChI=1S/C16H21N3O/c1-12(13(2)19-8-3-7-18-19)17-11-14-4-5-16-15(10-14)6-9-20-16/h3-5,7-8,10,12-13,17H,6,9,11H2,1-2H3/t12-,13-/m1/s1. The van der Waals surface area contributed by atoms with E-state index in [2.05, 4.69) is 42.5 Å². The summed E-state index contributed by atoms with van der Waals surface area (Å²) in [5, 5.41) is 7.88. The van der Waals surface area contributed by atoms with Crippen LogP contribution in [0.4, 0.5) is 0 Å². The number of hydrogen-bond acceptors (Lipinski definition) is 3. The van der Waals surface area contributed by atoms with Crippen LogP contribution >= 0.6 is 0 Å². The lowest BCUT2D eigenvalue weighted by Gasteiger charge is -2.22. The fourth-order valence-corrected chi connectivity index (χ4v) is 2.55. The van der Waals surface area contributed by atoms with Gasteiger partial charge in [-0.3, -0.25) is 4.68 Å². The lowest BCUT2D eigenvalue weighted by atomic mass is 10.1. The topological polar surface area (TPSA) is 39.1 Å². The smallest absolute Gasteiger partial charge is 0.122 e. The van der Waals surface area contributed by atoms with Crippen LogP contribution in [-0.2, 0) is 13.0 Å². The first kappa shape index (κ1) is 13.2. The maximum Gasteiger partial charge on any atom is 0.122 e. The van der Waals surface area contributed by atoms with Gasteiger partial charge >= 0.3 is 0 Å². The predicted molar refractivity (Wildman–Crippen MR) is 78.9 cm³/mol. The zero-order valence-corrected chi connectivity index (χ0v) is 12.0.